The zero-order valence-corrected chi connectivity index (χ0v) is 16.9. The van der Waals surface area contributed by atoms with Crippen LogP contribution in [0.5, 0.6) is 5.75 Å². The van der Waals surface area contributed by atoms with Crippen LogP contribution in [0.4, 0.5) is 19.7 Å². The summed E-state index contributed by atoms with van der Waals surface area (Å²) in [6.07, 6.45) is 1.38. The van der Waals surface area contributed by atoms with E-state index in [0.29, 0.717) is 31.7 Å². The third-order valence-electron chi connectivity index (χ3n) is 4.83. The lowest BCUT2D eigenvalue weighted by molar-refractivity contribution is 0.169. The maximum Gasteiger partial charge on any atom is 0.319 e. The smallest absolute Gasteiger partial charge is 0.319 e. The molecule has 3 rings (SSSR count). The van der Waals surface area contributed by atoms with Crippen molar-refractivity contribution in [2.75, 3.05) is 25.0 Å². The number of ether oxygens (including phenoxy) is 1. The maximum absolute atomic E-state index is 12.9. The number of nitrogens with zero attached hydrogens (tertiary/aromatic N) is 1. The molecular weight excluding hydrogens is 387 g/mol. The molecule has 7 nitrogen and oxygen atoms in total. The van der Waals surface area contributed by atoms with E-state index in [2.05, 4.69) is 16.0 Å². The Morgan fingerprint density at radius 2 is 1.77 bits per heavy atom. The number of amides is 4. The van der Waals surface area contributed by atoms with Gasteiger partial charge in [-0.2, -0.15) is 0 Å². The predicted octanol–water partition coefficient (Wildman–Crippen LogP) is 3.59. The molecule has 1 aliphatic heterocycles. The van der Waals surface area contributed by atoms with Crippen LogP contribution < -0.4 is 20.7 Å². The van der Waals surface area contributed by atoms with Crippen molar-refractivity contribution in [1.29, 1.82) is 0 Å². The molecule has 0 radical (unpaired) electrons. The van der Waals surface area contributed by atoms with E-state index in [0.717, 1.165) is 5.69 Å². The van der Waals surface area contributed by atoms with Gasteiger partial charge in [-0.3, -0.25) is 0 Å². The van der Waals surface area contributed by atoms with Gasteiger partial charge in [-0.15, -0.1) is 0 Å². The van der Waals surface area contributed by atoms with Crippen LogP contribution in [0, 0.1) is 5.82 Å². The molecule has 3 N–H and O–H groups in total. The fourth-order valence-corrected chi connectivity index (χ4v) is 3.20. The van der Waals surface area contributed by atoms with E-state index in [-0.39, 0.29) is 36.6 Å². The molecule has 1 aliphatic rings. The number of benzene rings is 2. The molecule has 0 aromatic heterocycles. The zero-order valence-electron chi connectivity index (χ0n) is 16.9. The summed E-state index contributed by atoms with van der Waals surface area (Å²) in [6.45, 7) is 3.26. The first-order chi connectivity index (χ1) is 14.5. The summed E-state index contributed by atoms with van der Waals surface area (Å²) in [5.41, 5.74) is 0.739. The van der Waals surface area contributed by atoms with E-state index >= 15 is 0 Å². The lowest BCUT2D eigenvalue weighted by Crippen LogP contribution is -2.52. The van der Waals surface area contributed by atoms with Crippen molar-refractivity contribution in [1.82, 2.24) is 15.5 Å². The number of hydrogen-bond acceptors (Lipinski definition) is 3. The Balaban J connectivity index is 1.35. The first-order valence-corrected chi connectivity index (χ1v) is 10.1. The molecule has 2 aromatic rings. The van der Waals surface area contributed by atoms with E-state index in [1.54, 1.807) is 17.0 Å². The summed E-state index contributed by atoms with van der Waals surface area (Å²) in [5.74, 6) is 0.234. The number of hydrogen-bond donors (Lipinski definition) is 3. The summed E-state index contributed by atoms with van der Waals surface area (Å²) in [5, 5.41) is 8.66. The van der Waals surface area contributed by atoms with Gasteiger partial charge in [0.2, 0.25) is 0 Å². The molecule has 0 saturated carbocycles. The van der Waals surface area contributed by atoms with Crippen LogP contribution in [0.3, 0.4) is 0 Å². The molecule has 2 aromatic carbocycles. The van der Waals surface area contributed by atoms with Gasteiger partial charge in [0, 0.05) is 24.8 Å². The highest BCUT2D eigenvalue weighted by Gasteiger charge is 2.24. The minimum Gasteiger partial charge on any atom is -0.491 e. The monoisotopic (exact) mass is 414 g/mol. The van der Waals surface area contributed by atoms with Gasteiger partial charge in [0.05, 0.1) is 6.04 Å². The third kappa shape index (κ3) is 6.65. The van der Waals surface area contributed by atoms with E-state index in [1.807, 2.05) is 37.3 Å². The molecule has 1 fully saturated rings. The van der Waals surface area contributed by atoms with Crippen LogP contribution in [-0.4, -0.2) is 48.7 Å². The quantitative estimate of drug-likeness (QED) is 0.676. The summed E-state index contributed by atoms with van der Waals surface area (Å²) in [7, 11) is 0. The highest BCUT2D eigenvalue weighted by molar-refractivity contribution is 5.89. The second-order valence-electron chi connectivity index (χ2n) is 7.34. The van der Waals surface area contributed by atoms with Crippen molar-refractivity contribution >= 4 is 17.7 Å². The van der Waals surface area contributed by atoms with E-state index in [9.17, 15) is 14.0 Å². The molecule has 1 atom stereocenters. The van der Waals surface area contributed by atoms with Gasteiger partial charge >= 0.3 is 12.1 Å². The highest BCUT2D eigenvalue weighted by atomic mass is 19.1. The Kier molecular flexibility index (Phi) is 7.48. The summed E-state index contributed by atoms with van der Waals surface area (Å²) < 4.78 is 18.5. The number of carbonyl (C=O) groups excluding carboxylic acids is 2. The van der Waals surface area contributed by atoms with Crippen LogP contribution >= 0.6 is 0 Å². The molecular formula is C22H27FN4O3. The summed E-state index contributed by atoms with van der Waals surface area (Å²) in [4.78, 5) is 26.3. The van der Waals surface area contributed by atoms with Crippen molar-refractivity contribution in [3.05, 3.63) is 60.4 Å². The Bertz CT molecular complexity index is 824. The van der Waals surface area contributed by atoms with Gasteiger partial charge in [0.15, 0.2) is 0 Å². The molecule has 1 heterocycles. The van der Waals surface area contributed by atoms with Gasteiger partial charge in [0.25, 0.3) is 0 Å². The van der Waals surface area contributed by atoms with Crippen LogP contribution in [0.2, 0.25) is 0 Å². The van der Waals surface area contributed by atoms with Crippen molar-refractivity contribution in [2.24, 2.45) is 0 Å². The highest BCUT2D eigenvalue weighted by Crippen LogP contribution is 2.13. The van der Waals surface area contributed by atoms with E-state index < -0.39 is 0 Å². The molecule has 0 spiro atoms. The fraction of sp³-hybridized carbons (Fsp3) is 0.364. The van der Waals surface area contributed by atoms with Crippen molar-refractivity contribution in [3.63, 3.8) is 0 Å². The van der Waals surface area contributed by atoms with Gasteiger partial charge in [0.1, 0.15) is 18.2 Å². The molecule has 0 aliphatic carbocycles. The largest absolute Gasteiger partial charge is 0.491 e. The van der Waals surface area contributed by atoms with Crippen molar-refractivity contribution in [2.45, 2.75) is 31.8 Å². The van der Waals surface area contributed by atoms with Crippen LogP contribution in [-0.2, 0) is 0 Å². The fourth-order valence-electron chi connectivity index (χ4n) is 3.20. The van der Waals surface area contributed by atoms with Crippen LogP contribution in [0.25, 0.3) is 0 Å². The first-order valence-electron chi connectivity index (χ1n) is 10.1. The van der Waals surface area contributed by atoms with Gasteiger partial charge < -0.3 is 25.6 Å². The standard InChI is InChI=1S/C22H27FN4O3/c1-16(15-30-20-9-7-17(23)8-10-20)24-22(29)27-13-11-19(12-14-27)26-21(28)25-18-5-3-2-4-6-18/h2-10,16,19H,11-15H2,1H3,(H,24,29)(H2,25,26,28). The molecule has 8 heteroatoms. The number of likely N-dealkylation sites (tertiary alicyclic amines) is 1. The van der Waals surface area contributed by atoms with Gasteiger partial charge in [-0.05, 0) is 56.2 Å². The number of rotatable bonds is 6. The van der Waals surface area contributed by atoms with Crippen LogP contribution in [0.1, 0.15) is 19.8 Å². The third-order valence-corrected chi connectivity index (χ3v) is 4.83. The molecule has 1 saturated heterocycles. The van der Waals surface area contributed by atoms with Crippen LogP contribution in [0.15, 0.2) is 54.6 Å². The number of piperidine rings is 1. The molecule has 0 bridgehead atoms. The minimum absolute atomic E-state index is 0.0250. The first kappa shape index (κ1) is 21.4. The number of carbonyl (C=O) groups is 2. The summed E-state index contributed by atoms with van der Waals surface area (Å²) >= 11 is 0. The number of halogens is 1. The number of anilines is 1. The number of urea groups is 2. The maximum atomic E-state index is 12.9. The van der Waals surface area contributed by atoms with E-state index in [1.165, 1.54) is 12.1 Å². The van der Waals surface area contributed by atoms with E-state index in [4.69, 9.17) is 4.74 Å². The zero-order chi connectivity index (χ0) is 21.3. The lowest BCUT2D eigenvalue weighted by Gasteiger charge is -2.33. The molecule has 4 amide bonds. The Morgan fingerprint density at radius 1 is 1.10 bits per heavy atom. The number of nitrogens with one attached hydrogen (secondary N) is 3. The Labute approximate surface area is 175 Å². The van der Waals surface area contributed by atoms with Gasteiger partial charge in [-0.25, -0.2) is 14.0 Å². The second-order valence-corrected chi connectivity index (χ2v) is 7.34. The average molecular weight is 414 g/mol. The van der Waals surface area contributed by atoms with Crippen molar-refractivity contribution < 1.29 is 18.7 Å². The average Bonchev–Trinajstić information content (AvgIpc) is 2.74. The minimum atomic E-state index is -0.320. The Hall–Kier alpha value is -3.29. The topological polar surface area (TPSA) is 82.7 Å². The molecule has 1 unspecified atom stereocenters. The lowest BCUT2D eigenvalue weighted by atomic mass is 10.1. The van der Waals surface area contributed by atoms with Gasteiger partial charge in [-0.1, -0.05) is 18.2 Å². The number of para-hydroxylation sites is 1. The SMILES string of the molecule is CC(COc1ccc(F)cc1)NC(=O)N1CCC(NC(=O)Nc2ccccc2)CC1. The molecule has 30 heavy (non-hydrogen) atoms. The predicted molar refractivity (Wildman–Crippen MR) is 113 cm³/mol. The normalized spacial score (nSPS) is 15.2. The second kappa shape index (κ2) is 10.5. The Morgan fingerprint density at radius 3 is 2.43 bits per heavy atom. The van der Waals surface area contributed by atoms with Crippen molar-refractivity contribution in [3.8, 4) is 5.75 Å². The molecule has 160 valence electrons. The summed E-state index contributed by atoms with van der Waals surface area (Å²) in [6, 6.07) is 14.5.